The van der Waals surface area contributed by atoms with Crippen molar-refractivity contribution in [1.82, 2.24) is 4.98 Å². The quantitative estimate of drug-likeness (QED) is 0.196. The Hall–Kier alpha value is -2.95. The molecule has 1 aromatic carbocycles. The van der Waals surface area contributed by atoms with Crippen LogP contribution in [-0.4, -0.2) is 23.0 Å². The third-order valence-electron chi connectivity index (χ3n) is 5.69. The Morgan fingerprint density at radius 1 is 1.03 bits per heavy atom. The molecule has 4 rings (SSSR count). The maximum atomic E-state index is 8.57. The number of anilines is 1. The number of nitrogens with zero attached hydrogens (tertiary/aromatic N) is 3. The standard InChI is InChI=1S/C24H28N4O/c29-26-18-19-12-16-28(17-13-19)15-7-1-6-14-25-24-20-8-2-4-10-22(20)27-23-11-5-3-9-21(23)24/h2,4,8,10,12-13,16-18H,1,3,5-7,9,11,14-15H2,(H,25,27)/p+1. The van der Waals surface area contributed by atoms with E-state index in [1.807, 2.05) is 24.5 Å². The molecule has 0 unspecified atom stereocenters. The average Bonchev–Trinajstić information content (AvgIpc) is 2.76. The summed E-state index contributed by atoms with van der Waals surface area (Å²) >= 11 is 0. The molecular weight excluding hydrogens is 360 g/mol. The van der Waals surface area contributed by atoms with Crippen molar-refractivity contribution >= 4 is 22.8 Å². The van der Waals surface area contributed by atoms with Gasteiger partial charge in [0.2, 0.25) is 0 Å². The molecule has 2 aromatic heterocycles. The molecule has 2 heterocycles. The summed E-state index contributed by atoms with van der Waals surface area (Å²) in [6.07, 6.45) is 13.8. The van der Waals surface area contributed by atoms with E-state index in [9.17, 15) is 0 Å². The van der Waals surface area contributed by atoms with E-state index in [4.69, 9.17) is 10.2 Å². The number of nitrogens with one attached hydrogen (secondary N) is 1. The number of fused-ring (bicyclic) bond motifs is 2. The minimum atomic E-state index is 0.904. The molecule has 1 aliphatic carbocycles. The van der Waals surface area contributed by atoms with Gasteiger partial charge in [-0.25, -0.2) is 4.57 Å². The molecule has 0 atom stereocenters. The first-order valence-electron chi connectivity index (χ1n) is 10.7. The van der Waals surface area contributed by atoms with Crippen LogP contribution in [0.1, 0.15) is 48.9 Å². The largest absolute Gasteiger partial charge is 0.411 e. The summed E-state index contributed by atoms with van der Waals surface area (Å²) in [6, 6.07) is 12.4. The Balaban J connectivity index is 1.31. The molecule has 5 heteroatoms. The van der Waals surface area contributed by atoms with Crippen LogP contribution >= 0.6 is 0 Å². The van der Waals surface area contributed by atoms with Gasteiger partial charge in [-0.3, -0.25) is 4.98 Å². The van der Waals surface area contributed by atoms with Crippen LogP contribution in [0.2, 0.25) is 0 Å². The molecule has 5 nitrogen and oxygen atoms in total. The fourth-order valence-corrected chi connectivity index (χ4v) is 4.15. The van der Waals surface area contributed by atoms with E-state index in [2.05, 4.69) is 39.3 Å². The fraction of sp³-hybridized carbons (Fsp3) is 0.375. The molecule has 1 aliphatic rings. The molecular formula is C24H29N4O+. The van der Waals surface area contributed by atoms with Gasteiger partial charge in [0.1, 0.15) is 6.54 Å². The Kier molecular flexibility index (Phi) is 6.35. The predicted molar refractivity (Wildman–Crippen MR) is 117 cm³/mol. The first-order valence-corrected chi connectivity index (χ1v) is 10.7. The van der Waals surface area contributed by atoms with Crippen molar-refractivity contribution in [3.63, 3.8) is 0 Å². The molecule has 0 saturated carbocycles. The van der Waals surface area contributed by atoms with Crippen LogP contribution < -0.4 is 9.88 Å². The number of rotatable bonds is 8. The van der Waals surface area contributed by atoms with Crippen LogP contribution in [0.15, 0.2) is 53.9 Å². The number of hydrogen-bond acceptors (Lipinski definition) is 4. The third-order valence-corrected chi connectivity index (χ3v) is 5.69. The van der Waals surface area contributed by atoms with Crippen LogP contribution in [0.3, 0.4) is 0 Å². The van der Waals surface area contributed by atoms with Crippen molar-refractivity contribution in [3.05, 3.63) is 65.6 Å². The van der Waals surface area contributed by atoms with E-state index in [0.29, 0.717) is 0 Å². The number of aromatic nitrogens is 2. The second kappa shape index (κ2) is 9.50. The van der Waals surface area contributed by atoms with E-state index in [-0.39, 0.29) is 0 Å². The molecule has 150 valence electrons. The minimum Gasteiger partial charge on any atom is -0.411 e. The van der Waals surface area contributed by atoms with Crippen LogP contribution in [-0.2, 0) is 19.4 Å². The number of benzene rings is 1. The molecule has 2 N–H and O–H groups in total. The highest BCUT2D eigenvalue weighted by Crippen LogP contribution is 2.33. The predicted octanol–water partition coefficient (Wildman–Crippen LogP) is 4.49. The van der Waals surface area contributed by atoms with Crippen molar-refractivity contribution in [2.45, 2.75) is 51.5 Å². The van der Waals surface area contributed by atoms with Crippen LogP contribution in [0.4, 0.5) is 5.69 Å². The number of para-hydroxylation sites is 1. The van der Waals surface area contributed by atoms with Crippen molar-refractivity contribution in [3.8, 4) is 0 Å². The monoisotopic (exact) mass is 389 g/mol. The molecule has 0 radical (unpaired) electrons. The summed E-state index contributed by atoms with van der Waals surface area (Å²) in [5.74, 6) is 0. The summed E-state index contributed by atoms with van der Waals surface area (Å²) < 4.78 is 2.18. The molecule has 0 spiro atoms. The normalized spacial score (nSPS) is 13.7. The molecule has 0 aliphatic heterocycles. The zero-order valence-corrected chi connectivity index (χ0v) is 16.8. The number of hydrogen-bond donors (Lipinski definition) is 2. The van der Waals surface area contributed by atoms with Gasteiger partial charge in [0, 0.05) is 47.4 Å². The SMILES string of the molecule is O/N=C/c1cc[n+](CCCCCNc2c3c(nc4ccccc24)CCCC3)cc1. The maximum Gasteiger partial charge on any atom is 0.169 e. The first kappa shape index (κ1) is 19.4. The topological polar surface area (TPSA) is 61.4 Å². The zero-order valence-electron chi connectivity index (χ0n) is 16.8. The molecule has 3 aromatic rings. The van der Waals surface area contributed by atoms with E-state index in [1.54, 1.807) is 0 Å². The number of aryl methyl sites for hydroxylation is 2. The fourth-order valence-electron chi connectivity index (χ4n) is 4.15. The Morgan fingerprint density at radius 3 is 2.72 bits per heavy atom. The van der Waals surface area contributed by atoms with Crippen LogP contribution in [0.5, 0.6) is 0 Å². The van der Waals surface area contributed by atoms with E-state index < -0.39 is 0 Å². The van der Waals surface area contributed by atoms with Crippen LogP contribution in [0, 0.1) is 0 Å². The summed E-state index contributed by atoms with van der Waals surface area (Å²) in [5, 5.41) is 16.6. The van der Waals surface area contributed by atoms with Crippen molar-refractivity contribution in [1.29, 1.82) is 0 Å². The van der Waals surface area contributed by atoms with E-state index in [0.717, 1.165) is 49.9 Å². The zero-order chi connectivity index (χ0) is 19.9. The second-order valence-corrected chi connectivity index (χ2v) is 7.74. The van der Waals surface area contributed by atoms with Gasteiger partial charge >= 0.3 is 0 Å². The van der Waals surface area contributed by atoms with Gasteiger partial charge in [-0.05, 0) is 50.2 Å². The van der Waals surface area contributed by atoms with Gasteiger partial charge in [-0.2, -0.15) is 0 Å². The average molecular weight is 390 g/mol. The highest BCUT2D eigenvalue weighted by Gasteiger charge is 2.17. The lowest BCUT2D eigenvalue weighted by molar-refractivity contribution is -0.697. The van der Waals surface area contributed by atoms with E-state index in [1.165, 1.54) is 47.8 Å². The van der Waals surface area contributed by atoms with Gasteiger partial charge < -0.3 is 10.5 Å². The molecule has 0 saturated heterocycles. The van der Waals surface area contributed by atoms with Gasteiger partial charge in [-0.15, -0.1) is 0 Å². The third kappa shape index (κ3) is 4.73. The molecule has 0 bridgehead atoms. The van der Waals surface area contributed by atoms with Gasteiger partial charge in [-0.1, -0.05) is 23.4 Å². The maximum absolute atomic E-state index is 8.57. The highest BCUT2D eigenvalue weighted by atomic mass is 16.4. The number of pyridine rings is 2. The lowest BCUT2D eigenvalue weighted by Gasteiger charge is -2.21. The number of oxime groups is 1. The summed E-state index contributed by atoms with van der Waals surface area (Å²) in [4.78, 5) is 4.92. The summed E-state index contributed by atoms with van der Waals surface area (Å²) in [6.45, 7) is 2.00. The summed E-state index contributed by atoms with van der Waals surface area (Å²) in [5.41, 5.74) is 6.07. The van der Waals surface area contributed by atoms with Crippen molar-refractivity contribution in [2.24, 2.45) is 5.16 Å². The molecule has 0 amide bonds. The summed E-state index contributed by atoms with van der Waals surface area (Å²) in [7, 11) is 0. The highest BCUT2D eigenvalue weighted by molar-refractivity contribution is 5.93. The van der Waals surface area contributed by atoms with Gasteiger partial charge in [0.05, 0.1) is 11.7 Å². The second-order valence-electron chi connectivity index (χ2n) is 7.74. The van der Waals surface area contributed by atoms with Gasteiger partial charge in [0.15, 0.2) is 12.4 Å². The van der Waals surface area contributed by atoms with E-state index >= 15 is 0 Å². The van der Waals surface area contributed by atoms with Crippen molar-refractivity contribution < 1.29 is 9.77 Å². The smallest absolute Gasteiger partial charge is 0.169 e. The van der Waals surface area contributed by atoms with Gasteiger partial charge in [0.25, 0.3) is 0 Å². The van der Waals surface area contributed by atoms with Crippen LogP contribution in [0.25, 0.3) is 10.9 Å². The molecule has 0 fully saturated rings. The minimum absolute atomic E-state index is 0.904. The number of unbranched alkanes of at least 4 members (excludes halogenated alkanes) is 2. The lowest BCUT2D eigenvalue weighted by Crippen LogP contribution is -2.32. The first-order chi connectivity index (χ1) is 14.3. The molecule has 29 heavy (non-hydrogen) atoms. The Morgan fingerprint density at radius 2 is 1.86 bits per heavy atom. The Labute approximate surface area is 172 Å². The lowest BCUT2D eigenvalue weighted by atomic mass is 9.92. The van der Waals surface area contributed by atoms with Crippen molar-refractivity contribution in [2.75, 3.05) is 11.9 Å². The Bertz CT molecular complexity index is 982.